The van der Waals surface area contributed by atoms with Crippen LogP contribution in [0.25, 0.3) is 20.9 Å². The highest BCUT2D eigenvalue weighted by atomic mass is 32.2. The van der Waals surface area contributed by atoms with Gasteiger partial charge in [-0.25, -0.2) is 8.42 Å². The predicted molar refractivity (Wildman–Crippen MR) is 95.3 cm³/mol. The zero-order valence-corrected chi connectivity index (χ0v) is 14.0. The Morgan fingerprint density at radius 3 is 2.13 bits per heavy atom. The predicted octanol–water partition coefficient (Wildman–Crippen LogP) is 4.16. The summed E-state index contributed by atoms with van der Waals surface area (Å²) in [6.45, 7) is 0. The van der Waals surface area contributed by atoms with Gasteiger partial charge in [-0.15, -0.1) is 11.3 Å². The number of thiophene rings is 1. The molecule has 0 unspecified atom stereocenters. The molecule has 3 aromatic rings. The zero-order chi connectivity index (χ0) is 16.4. The molecule has 0 radical (unpaired) electrons. The summed E-state index contributed by atoms with van der Waals surface area (Å²) in [5.41, 5.74) is 2.43. The van der Waals surface area contributed by atoms with E-state index in [1.807, 2.05) is 30.3 Å². The molecule has 1 aromatic heterocycles. The van der Waals surface area contributed by atoms with Gasteiger partial charge in [0.15, 0.2) is 0 Å². The smallest absolute Gasteiger partial charge is 0.229 e. The van der Waals surface area contributed by atoms with E-state index in [1.165, 1.54) is 0 Å². The molecular formula is C17H15NO3S2. The Bertz CT molecular complexity index is 946. The van der Waals surface area contributed by atoms with Crippen molar-refractivity contribution < 1.29 is 13.5 Å². The van der Waals surface area contributed by atoms with Crippen molar-refractivity contribution in [3.05, 3.63) is 60.7 Å². The maximum absolute atomic E-state index is 11.3. The minimum atomic E-state index is -3.29. The highest BCUT2D eigenvalue weighted by molar-refractivity contribution is 7.92. The Morgan fingerprint density at radius 1 is 0.913 bits per heavy atom. The van der Waals surface area contributed by atoms with Crippen LogP contribution in [-0.2, 0) is 10.0 Å². The molecule has 1 heterocycles. The van der Waals surface area contributed by atoms with Gasteiger partial charge in [0.05, 0.1) is 6.26 Å². The first-order valence-corrected chi connectivity index (χ1v) is 9.59. The number of rotatable bonds is 4. The van der Waals surface area contributed by atoms with Crippen molar-refractivity contribution in [1.82, 2.24) is 0 Å². The second-order valence-electron chi connectivity index (χ2n) is 5.17. The fraction of sp³-hybridized carbons (Fsp3) is 0.0588. The Hall–Kier alpha value is -2.31. The van der Waals surface area contributed by atoms with E-state index in [9.17, 15) is 13.5 Å². The number of hydrogen-bond donors (Lipinski definition) is 2. The van der Waals surface area contributed by atoms with Crippen LogP contribution in [0.5, 0.6) is 5.75 Å². The lowest BCUT2D eigenvalue weighted by Gasteiger charge is -2.05. The molecular weight excluding hydrogens is 330 g/mol. The van der Waals surface area contributed by atoms with E-state index in [4.69, 9.17) is 0 Å². The Morgan fingerprint density at radius 2 is 1.52 bits per heavy atom. The van der Waals surface area contributed by atoms with Gasteiger partial charge in [-0.05, 0) is 47.5 Å². The summed E-state index contributed by atoms with van der Waals surface area (Å²) in [6, 6.07) is 18.4. The van der Waals surface area contributed by atoms with Crippen LogP contribution in [0.2, 0.25) is 0 Å². The van der Waals surface area contributed by atoms with E-state index < -0.39 is 10.0 Å². The van der Waals surface area contributed by atoms with Crippen molar-refractivity contribution >= 4 is 27.0 Å². The molecule has 2 N–H and O–H groups in total. The van der Waals surface area contributed by atoms with Crippen LogP contribution in [0.3, 0.4) is 0 Å². The summed E-state index contributed by atoms with van der Waals surface area (Å²) >= 11 is 1.59. The largest absolute Gasteiger partial charge is 0.508 e. The molecule has 3 rings (SSSR count). The molecule has 0 amide bonds. The van der Waals surface area contributed by atoms with Gasteiger partial charge in [-0.2, -0.15) is 0 Å². The minimum absolute atomic E-state index is 0.233. The third-order valence-electron chi connectivity index (χ3n) is 3.19. The molecule has 118 valence electrons. The van der Waals surface area contributed by atoms with E-state index in [-0.39, 0.29) is 5.75 Å². The molecule has 0 atom stereocenters. The van der Waals surface area contributed by atoms with Crippen molar-refractivity contribution in [2.45, 2.75) is 0 Å². The number of benzene rings is 2. The Labute approximate surface area is 139 Å². The van der Waals surface area contributed by atoms with Crippen LogP contribution < -0.4 is 4.72 Å². The van der Waals surface area contributed by atoms with E-state index in [1.54, 1.807) is 41.7 Å². The topological polar surface area (TPSA) is 66.4 Å². The summed E-state index contributed by atoms with van der Waals surface area (Å²) in [6.07, 6.45) is 1.13. The first-order valence-electron chi connectivity index (χ1n) is 6.88. The van der Waals surface area contributed by atoms with Gasteiger partial charge in [0.1, 0.15) is 5.75 Å². The molecule has 23 heavy (non-hydrogen) atoms. The molecule has 0 saturated carbocycles. The number of nitrogens with one attached hydrogen (secondary N) is 1. The summed E-state index contributed by atoms with van der Waals surface area (Å²) in [5.74, 6) is 0.233. The highest BCUT2D eigenvalue weighted by Gasteiger charge is 2.08. The summed E-state index contributed by atoms with van der Waals surface area (Å²) in [4.78, 5) is 2.07. The minimum Gasteiger partial charge on any atom is -0.508 e. The molecule has 6 heteroatoms. The number of phenols is 1. The van der Waals surface area contributed by atoms with Crippen molar-refractivity contribution in [3.63, 3.8) is 0 Å². The number of hydrogen-bond acceptors (Lipinski definition) is 4. The molecule has 0 aliphatic rings. The highest BCUT2D eigenvalue weighted by Crippen LogP contribution is 2.36. The average molecular weight is 345 g/mol. The van der Waals surface area contributed by atoms with Gasteiger partial charge in [-0.3, -0.25) is 4.72 Å². The van der Waals surface area contributed by atoms with Crippen LogP contribution in [0.15, 0.2) is 60.7 Å². The number of anilines is 1. The fourth-order valence-corrected chi connectivity index (χ4v) is 3.81. The zero-order valence-electron chi connectivity index (χ0n) is 12.4. The monoisotopic (exact) mass is 345 g/mol. The molecule has 2 aromatic carbocycles. The molecule has 0 bridgehead atoms. The van der Waals surface area contributed by atoms with Gasteiger partial charge >= 0.3 is 0 Å². The maximum atomic E-state index is 11.3. The molecule has 0 aliphatic heterocycles. The molecule has 0 aliphatic carbocycles. The lowest BCUT2D eigenvalue weighted by molar-refractivity contribution is 0.475. The third-order valence-corrected chi connectivity index (χ3v) is 4.98. The van der Waals surface area contributed by atoms with Crippen LogP contribution in [0.1, 0.15) is 0 Å². The summed E-state index contributed by atoms with van der Waals surface area (Å²) in [5, 5.41) is 9.58. The lowest BCUT2D eigenvalue weighted by atomic mass is 10.1. The molecule has 0 fully saturated rings. The molecule has 0 saturated heterocycles. The average Bonchev–Trinajstić information content (AvgIpc) is 2.95. The summed E-state index contributed by atoms with van der Waals surface area (Å²) in [7, 11) is -3.29. The lowest BCUT2D eigenvalue weighted by Crippen LogP contribution is -2.09. The number of sulfonamides is 1. The SMILES string of the molecule is CS(=O)(=O)Nc1cccc(-c2ccc(-c3cccc(O)c3)s2)c1. The fourth-order valence-electron chi connectivity index (χ4n) is 2.26. The third kappa shape index (κ3) is 3.91. The molecule has 0 spiro atoms. The van der Waals surface area contributed by atoms with Crippen molar-refractivity contribution in [1.29, 1.82) is 0 Å². The second kappa shape index (κ2) is 6.06. The van der Waals surface area contributed by atoms with E-state index in [2.05, 4.69) is 4.72 Å². The van der Waals surface area contributed by atoms with Crippen LogP contribution in [0.4, 0.5) is 5.69 Å². The van der Waals surface area contributed by atoms with Gasteiger partial charge in [-0.1, -0.05) is 24.3 Å². The van der Waals surface area contributed by atoms with Crippen molar-refractivity contribution in [3.8, 4) is 26.6 Å². The standard InChI is InChI=1S/C17H15NO3S2/c1-23(20,21)18-14-6-2-4-12(10-14)16-8-9-17(22-16)13-5-3-7-15(19)11-13/h2-11,18-19H,1H3. The van der Waals surface area contributed by atoms with Gasteiger partial charge in [0.25, 0.3) is 0 Å². The quantitative estimate of drug-likeness (QED) is 0.746. The number of phenolic OH excluding ortho intramolecular Hbond substituents is 1. The van der Waals surface area contributed by atoms with Crippen molar-refractivity contribution in [2.75, 3.05) is 11.0 Å². The van der Waals surface area contributed by atoms with Gasteiger partial charge < -0.3 is 5.11 Å². The van der Waals surface area contributed by atoms with Crippen molar-refractivity contribution in [2.24, 2.45) is 0 Å². The van der Waals surface area contributed by atoms with Gasteiger partial charge in [0, 0.05) is 15.4 Å². The normalized spacial score (nSPS) is 11.3. The van der Waals surface area contributed by atoms with E-state index in [0.717, 1.165) is 27.1 Å². The maximum Gasteiger partial charge on any atom is 0.229 e. The number of aromatic hydroxyl groups is 1. The summed E-state index contributed by atoms with van der Waals surface area (Å²) < 4.78 is 25.2. The Kier molecular flexibility index (Phi) is 4.11. The second-order valence-corrected chi connectivity index (χ2v) is 8.00. The van der Waals surface area contributed by atoms with Crippen LogP contribution >= 0.6 is 11.3 Å². The van der Waals surface area contributed by atoms with Crippen LogP contribution in [-0.4, -0.2) is 19.8 Å². The Balaban J connectivity index is 1.93. The van der Waals surface area contributed by atoms with Crippen LogP contribution in [0, 0.1) is 0 Å². The van der Waals surface area contributed by atoms with E-state index in [0.29, 0.717) is 5.69 Å². The first kappa shape index (κ1) is 15.6. The van der Waals surface area contributed by atoms with Gasteiger partial charge in [0.2, 0.25) is 10.0 Å². The van der Waals surface area contributed by atoms with E-state index >= 15 is 0 Å². The first-order chi connectivity index (χ1) is 10.9. The molecule has 4 nitrogen and oxygen atoms in total.